The lowest BCUT2D eigenvalue weighted by atomic mass is 9.88. The van der Waals surface area contributed by atoms with Crippen molar-refractivity contribution in [1.29, 1.82) is 0 Å². The van der Waals surface area contributed by atoms with Crippen LogP contribution in [0, 0.1) is 0 Å². The molecule has 0 aliphatic carbocycles. The molecule has 0 aliphatic heterocycles. The molecule has 0 saturated carbocycles. The summed E-state index contributed by atoms with van der Waals surface area (Å²) < 4.78 is 0. The summed E-state index contributed by atoms with van der Waals surface area (Å²) in [5.74, 6) is 1.71. The van der Waals surface area contributed by atoms with Gasteiger partial charge in [0.25, 0.3) is 0 Å². The average molecular weight is 922 g/mol. The lowest BCUT2D eigenvalue weighted by Gasteiger charge is -2.16. The van der Waals surface area contributed by atoms with Crippen molar-refractivity contribution in [3.8, 4) is 67.3 Å². The van der Waals surface area contributed by atoms with Crippen LogP contribution in [0.2, 0.25) is 0 Å². The van der Waals surface area contributed by atoms with Gasteiger partial charge in [-0.2, -0.15) is 0 Å². The van der Waals surface area contributed by atoms with Crippen LogP contribution in [0.3, 0.4) is 0 Å². The van der Waals surface area contributed by atoms with E-state index in [9.17, 15) is 0 Å². The van der Waals surface area contributed by atoms with E-state index < -0.39 is 0 Å². The van der Waals surface area contributed by atoms with Gasteiger partial charge in [0.15, 0.2) is 11.7 Å². The predicted molar refractivity (Wildman–Crippen MR) is 301 cm³/mol. The highest BCUT2D eigenvalue weighted by atomic mass is 15.0. The van der Waals surface area contributed by atoms with E-state index in [1.807, 2.05) is 72.8 Å². The van der Waals surface area contributed by atoms with Crippen molar-refractivity contribution < 1.29 is 0 Å². The van der Waals surface area contributed by atoms with E-state index in [1.54, 1.807) is 0 Å². The maximum Gasteiger partial charge on any atom is 0.160 e. The van der Waals surface area contributed by atoms with Crippen molar-refractivity contribution in [2.24, 2.45) is 15.7 Å². The van der Waals surface area contributed by atoms with E-state index in [2.05, 4.69) is 188 Å². The van der Waals surface area contributed by atoms with Crippen LogP contribution in [0.4, 0.5) is 0 Å². The van der Waals surface area contributed by atoms with E-state index in [-0.39, 0.29) is 0 Å². The molecule has 0 saturated heterocycles. The highest BCUT2D eigenvalue weighted by molar-refractivity contribution is 6.14. The molecule has 5 heteroatoms. The molecular formula is C67H47N5. The van der Waals surface area contributed by atoms with Crippen LogP contribution in [0.15, 0.2) is 271 Å². The van der Waals surface area contributed by atoms with Crippen LogP contribution in [0.1, 0.15) is 16.7 Å². The summed E-state index contributed by atoms with van der Waals surface area (Å²) in [5.41, 5.74) is 21.4. The number of fused-ring (bicyclic) bond motifs is 3. The number of hydrogen-bond donors (Lipinski definition) is 1. The standard InChI is InChI=1S/C67H47N5/c68-65(54-37-28-46-18-10-11-23-53(46)42-54)72-66(69-44-45-16-4-1-5-17-45)52-35-31-48(32-36-52)56-39-41-62(60-27-15-13-25-58(56)60)61-40-38-55(57-24-12-14-26-59(57)61)47-29-33-50(34-30-47)64-43-63(49-19-6-2-7-20-49)70-67(71-64)51-21-8-3-9-22-51/h1-43H,44H2,(H2,68,69,72). The van der Waals surface area contributed by atoms with E-state index in [0.717, 1.165) is 72.2 Å². The third-order valence-electron chi connectivity index (χ3n) is 13.4. The van der Waals surface area contributed by atoms with Gasteiger partial charge in [-0.3, -0.25) is 4.99 Å². The highest BCUT2D eigenvalue weighted by Gasteiger charge is 2.16. The predicted octanol–water partition coefficient (Wildman–Crippen LogP) is 16.3. The lowest BCUT2D eigenvalue weighted by Crippen LogP contribution is -2.16. The molecule has 1 heterocycles. The topological polar surface area (TPSA) is 76.5 Å². The van der Waals surface area contributed by atoms with E-state index in [0.29, 0.717) is 24.0 Å². The highest BCUT2D eigenvalue weighted by Crippen LogP contribution is 2.41. The molecule has 0 fully saturated rings. The zero-order chi connectivity index (χ0) is 48.2. The first kappa shape index (κ1) is 43.7. The Hall–Kier alpha value is -9.58. The maximum absolute atomic E-state index is 6.74. The minimum absolute atomic E-state index is 0.422. The number of aliphatic imine (C=N–C) groups is 2. The summed E-state index contributed by atoms with van der Waals surface area (Å²) in [5, 5.41) is 7.03. The minimum atomic E-state index is 0.422. The van der Waals surface area contributed by atoms with Gasteiger partial charge in [-0.05, 0) is 83.4 Å². The van der Waals surface area contributed by atoms with Crippen molar-refractivity contribution in [3.63, 3.8) is 0 Å². The second kappa shape index (κ2) is 19.4. The SMILES string of the molecule is NC(=NC(=NCc1ccccc1)c1ccc(-c2ccc(-c3ccc(-c4ccc(-c5cc(-c6ccccc6)nc(-c6ccccc6)n5)cc4)c4ccccc34)c3ccccc23)cc1)c1ccc2ccccc2c1. The Kier molecular flexibility index (Phi) is 11.8. The van der Waals surface area contributed by atoms with Gasteiger partial charge in [0.2, 0.25) is 0 Å². The smallest absolute Gasteiger partial charge is 0.160 e. The van der Waals surface area contributed by atoms with Crippen molar-refractivity contribution >= 4 is 44.0 Å². The number of rotatable bonds is 10. The molecule has 0 unspecified atom stereocenters. The summed E-state index contributed by atoms with van der Waals surface area (Å²) in [6.45, 7) is 0.483. The zero-order valence-electron chi connectivity index (χ0n) is 39.4. The van der Waals surface area contributed by atoms with Crippen LogP contribution in [0.25, 0.3) is 99.6 Å². The first-order valence-electron chi connectivity index (χ1n) is 24.3. The van der Waals surface area contributed by atoms with Gasteiger partial charge in [0, 0.05) is 27.8 Å². The summed E-state index contributed by atoms with van der Waals surface area (Å²) in [4.78, 5) is 20.1. The normalized spacial score (nSPS) is 11.9. The fourth-order valence-electron chi connectivity index (χ4n) is 9.73. The van der Waals surface area contributed by atoms with Gasteiger partial charge >= 0.3 is 0 Å². The van der Waals surface area contributed by atoms with E-state index >= 15 is 0 Å². The molecular weight excluding hydrogens is 875 g/mol. The van der Waals surface area contributed by atoms with E-state index in [1.165, 1.54) is 38.2 Å². The minimum Gasteiger partial charge on any atom is -0.383 e. The molecule has 72 heavy (non-hydrogen) atoms. The number of aromatic nitrogens is 2. The number of nitrogens with zero attached hydrogens (tertiary/aromatic N) is 4. The molecule has 1 aromatic heterocycles. The second-order valence-corrected chi connectivity index (χ2v) is 17.9. The molecule has 12 rings (SSSR count). The van der Waals surface area contributed by atoms with Gasteiger partial charge in [-0.15, -0.1) is 0 Å². The van der Waals surface area contributed by atoms with Gasteiger partial charge in [0.05, 0.1) is 17.9 Å². The Balaban J connectivity index is 0.868. The van der Waals surface area contributed by atoms with Crippen molar-refractivity contribution in [1.82, 2.24) is 9.97 Å². The van der Waals surface area contributed by atoms with Crippen molar-refractivity contribution in [2.45, 2.75) is 6.54 Å². The van der Waals surface area contributed by atoms with Gasteiger partial charge in [-0.1, -0.05) is 249 Å². The van der Waals surface area contributed by atoms with Gasteiger partial charge < -0.3 is 5.73 Å². The molecule has 5 nitrogen and oxygen atoms in total. The Morgan fingerprint density at radius 2 is 0.778 bits per heavy atom. The summed E-state index contributed by atoms with van der Waals surface area (Å²) >= 11 is 0. The van der Waals surface area contributed by atoms with Crippen LogP contribution >= 0.6 is 0 Å². The second-order valence-electron chi connectivity index (χ2n) is 17.9. The third kappa shape index (κ3) is 8.83. The number of benzene rings is 11. The third-order valence-corrected chi connectivity index (χ3v) is 13.4. The van der Waals surface area contributed by atoms with Crippen LogP contribution in [-0.2, 0) is 6.54 Å². The lowest BCUT2D eigenvalue weighted by molar-refractivity contribution is 1.06. The molecule has 0 radical (unpaired) electrons. The molecule has 11 aromatic carbocycles. The fraction of sp³-hybridized carbons (Fsp3) is 0.0149. The van der Waals surface area contributed by atoms with Gasteiger partial charge in [0.1, 0.15) is 5.84 Å². The first-order valence-corrected chi connectivity index (χ1v) is 24.3. The molecule has 0 aliphatic rings. The van der Waals surface area contributed by atoms with E-state index in [4.69, 9.17) is 25.7 Å². The first-order chi connectivity index (χ1) is 35.6. The Morgan fingerprint density at radius 1 is 0.347 bits per heavy atom. The van der Waals surface area contributed by atoms with Gasteiger partial charge in [-0.25, -0.2) is 15.0 Å². The van der Waals surface area contributed by atoms with Crippen molar-refractivity contribution in [3.05, 3.63) is 278 Å². The Morgan fingerprint density at radius 3 is 1.36 bits per heavy atom. The maximum atomic E-state index is 6.74. The summed E-state index contributed by atoms with van der Waals surface area (Å²) in [7, 11) is 0. The molecule has 0 spiro atoms. The summed E-state index contributed by atoms with van der Waals surface area (Å²) in [6.07, 6.45) is 0. The summed E-state index contributed by atoms with van der Waals surface area (Å²) in [6, 6.07) is 91.2. The fourth-order valence-corrected chi connectivity index (χ4v) is 9.73. The monoisotopic (exact) mass is 921 g/mol. The molecule has 0 atom stereocenters. The number of nitrogens with two attached hydrogens (primary N) is 1. The molecule has 2 N–H and O–H groups in total. The Bertz CT molecular complexity index is 3920. The number of hydrogen-bond acceptors (Lipinski definition) is 3. The van der Waals surface area contributed by atoms with Crippen LogP contribution in [-0.4, -0.2) is 21.6 Å². The molecule has 0 bridgehead atoms. The molecule has 340 valence electrons. The Labute approximate surface area is 419 Å². The number of amidine groups is 2. The molecule has 0 amide bonds. The zero-order valence-corrected chi connectivity index (χ0v) is 39.4. The quantitative estimate of drug-likeness (QED) is 0.110. The molecule has 12 aromatic rings. The average Bonchev–Trinajstić information content (AvgIpc) is 3.46. The largest absolute Gasteiger partial charge is 0.383 e. The van der Waals surface area contributed by atoms with Crippen LogP contribution in [0.5, 0.6) is 0 Å². The van der Waals surface area contributed by atoms with Crippen LogP contribution < -0.4 is 5.73 Å². The van der Waals surface area contributed by atoms with Crippen molar-refractivity contribution in [2.75, 3.05) is 0 Å².